The third kappa shape index (κ3) is 3.07. The standard InChI is InChI=1S/C14H21FN2O/c1-10-3-2-4-12(14(10)15)13(17-16)9-11-5-7-18-8-6-11/h2-4,11,13,17H,5-9,16H2,1H3. The van der Waals surface area contributed by atoms with Crippen LogP contribution in [0.4, 0.5) is 4.39 Å². The van der Waals surface area contributed by atoms with Crippen molar-refractivity contribution in [3.8, 4) is 0 Å². The lowest BCUT2D eigenvalue weighted by molar-refractivity contribution is 0.0604. The predicted octanol–water partition coefficient (Wildman–Crippen LogP) is 2.46. The molecule has 18 heavy (non-hydrogen) atoms. The van der Waals surface area contributed by atoms with Gasteiger partial charge >= 0.3 is 0 Å². The van der Waals surface area contributed by atoms with E-state index in [1.807, 2.05) is 12.1 Å². The van der Waals surface area contributed by atoms with Gasteiger partial charge < -0.3 is 4.74 Å². The maximum absolute atomic E-state index is 14.1. The first-order chi connectivity index (χ1) is 8.72. The zero-order valence-corrected chi connectivity index (χ0v) is 10.8. The van der Waals surface area contributed by atoms with Gasteiger partial charge in [-0.15, -0.1) is 0 Å². The van der Waals surface area contributed by atoms with Gasteiger partial charge in [0.2, 0.25) is 0 Å². The molecule has 1 unspecified atom stereocenters. The summed E-state index contributed by atoms with van der Waals surface area (Å²) in [5.74, 6) is 6.00. The quantitative estimate of drug-likeness (QED) is 0.639. The highest BCUT2D eigenvalue weighted by atomic mass is 19.1. The number of ether oxygens (including phenoxy) is 1. The van der Waals surface area contributed by atoms with Crippen LogP contribution in [-0.4, -0.2) is 13.2 Å². The van der Waals surface area contributed by atoms with Crippen LogP contribution < -0.4 is 11.3 Å². The van der Waals surface area contributed by atoms with Gasteiger partial charge in [0.05, 0.1) is 0 Å². The minimum Gasteiger partial charge on any atom is -0.381 e. The Morgan fingerprint density at radius 2 is 2.17 bits per heavy atom. The Kier molecular flexibility index (Phi) is 4.69. The summed E-state index contributed by atoms with van der Waals surface area (Å²) < 4.78 is 19.4. The molecule has 1 aliphatic heterocycles. The van der Waals surface area contributed by atoms with Crippen molar-refractivity contribution < 1.29 is 9.13 Å². The second-order valence-corrected chi connectivity index (χ2v) is 4.99. The van der Waals surface area contributed by atoms with E-state index in [1.165, 1.54) is 0 Å². The molecule has 1 heterocycles. The van der Waals surface area contributed by atoms with Crippen LogP contribution in [0.15, 0.2) is 18.2 Å². The number of benzene rings is 1. The molecule has 0 radical (unpaired) electrons. The van der Waals surface area contributed by atoms with Crippen molar-refractivity contribution in [2.24, 2.45) is 11.8 Å². The van der Waals surface area contributed by atoms with Crippen LogP contribution in [0.1, 0.15) is 36.4 Å². The van der Waals surface area contributed by atoms with Crippen LogP contribution in [0.5, 0.6) is 0 Å². The molecule has 1 fully saturated rings. The minimum absolute atomic E-state index is 0.118. The second-order valence-electron chi connectivity index (χ2n) is 4.99. The van der Waals surface area contributed by atoms with E-state index < -0.39 is 0 Å². The molecule has 0 saturated carbocycles. The lowest BCUT2D eigenvalue weighted by atomic mass is 9.89. The molecule has 1 aromatic carbocycles. The molecule has 3 N–H and O–H groups in total. The fourth-order valence-electron chi connectivity index (χ4n) is 2.54. The number of rotatable bonds is 4. The first kappa shape index (κ1) is 13.5. The SMILES string of the molecule is Cc1cccc(C(CC2CCOCC2)NN)c1F. The number of hydrazine groups is 1. The van der Waals surface area contributed by atoms with E-state index in [0.717, 1.165) is 32.5 Å². The van der Waals surface area contributed by atoms with Gasteiger partial charge in [0.15, 0.2) is 0 Å². The van der Waals surface area contributed by atoms with Gasteiger partial charge in [0, 0.05) is 24.8 Å². The molecule has 0 aromatic heterocycles. The largest absolute Gasteiger partial charge is 0.381 e. The molecule has 1 atom stereocenters. The monoisotopic (exact) mass is 252 g/mol. The van der Waals surface area contributed by atoms with E-state index >= 15 is 0 Å². The lowest BCUT2D eigenvalue weighted by Crippen LogP contribution is -2.31. The molecule has 3 nitrogen and oxygen atoms in total. The number of nitrogens with two attached hydrogens (primary N) is 1. The maximum atomic E-state index is 14.1. The van der Waals surface area contributed by atoms with Crippen molar-refractivity contribution in [2.75, 3.05) is 13.2 Å². The molecule has 2 rings (SSSR count). The Bertz CT molecular complexity index is 391. The van der Waals surface area contributed by atoms with Crippen molar-refractivity contribution in [1.29, 1.82) is 0 Å². The molecule has 100 valence electrons. The van der Waals surface area contributed by atoms with E-state index in [4.69, 9.17) is 10.6 Å². The van der Waals surface area contributed by atoms with Gasteiger partial charge in [-0.25, -0.2) is 4.39 Å². The molecule has 4 heteroatoms. The highest BCUT2D eigenvalue weighted by Gasteiger charge is 2.22. The molecule has 0 spiro atoms. The van der Waals surface area contributed by atoms with Crippen LogP contribution in [0, 0.1) is 18.7 Å². The Balaban J connectivity index is 2.09. The second kappa shape index (κ2) is 6.27. The highest BCUT2D eigenvalue weighted by molar-refractivity contribution is 5.27. The van der Waals surface area contributed by atoms with Crippen molar-refractivity contribution in [2.45, 2.75) is 32.2 Å². The molecule has 0 aliphatic carbocycles. The number of halogens is 1. The first-order valence-corrected chi connectivity index (χ1v) is 6.51. The Morgan fingerprint density at radius 1 is 1.44 bits per heavy atom. The van der Waals surface area contributed by atoms with E-state index in [0.29, 0.717) is 17.0 Å². The van der Waals surface area contributed by atoms with Gasteiger partial charge in [-0.1, -0.05) is 18.2 Å². The van der Waals surface area contributed by atoms with Crippen LogP contribution >= 0.6 is 0 Å². The van der Waals surface area contributed by atoms with Gasteiger partial charge in [0.25, 0.3) is 0 Å². The summed E-state index contributed by atoms with van der Waals surface area (Å²) in [4.78, 5) is 0. The minimum atomic E-state index is -0.146. The molecule has 1 saturated heterocycles. The zero-order chi connectivity index (χ0) is 13.0. The Morgan fingerprint density at radius 3 is 2.83 bits per heavy atom. The normalized spacial score (nSPS) is 18.8. The summed E-state index contributed by atoms with van der Waals surface area (Å²) in [6, 6.07) is 5.35. The first-order valence-electron chi connectivity index (χ1n) is 6.51. The van der Waals surface area contributed by atoms with Crippen molar-refractivity contribution >= 4 is 0 Å². The molecule has 1 aromatic rings. The van der Waals surface area contributed by atoms with Crippen molar-refractivity contribution in [1.82, 2.24) is 5.43 Å². The average molecular weight is 252 g/mol. The van der Waals surface area contributed by atoms with Crippen LogP contribution in [0.2, 0.25) is 0 Å². The molecule has 0 bridgehead atoms. The summed E-state index contributed by atoms with van der Waals surface area (Å²) in [5.41, 5.74) is 4.09. The van der Waals surface area contributed by atoms with Crippen molar-refractivity contribution in [3.63, 3.8) is 0 Å². The molecular weight excluding hydrogens is 231 g/mol. The van der Waals surface area contributed by atoms with E-state index in [9.17, 15) is 4.39 Å². The fourth-order valence-corrected chi connectivity index (χ4v) is 2.54. The molecular formula is C14H21FN2O. The van der Waals surface area contributed by atoms with E-state index in [1.54, 1.807) is 13.0 Å². The van der Waals surface area contributed by atoms with E-state index in [2.05, 4.69) is 5.43 Å². The predicted molar refractivity (Wildman–Crippen MR) is 69.4 cm³/mol. The van der Waals surface area contributed by atoms with Gasteiger partial charge in [-0.3, -0.25) is 11.3 Å². The summed E-state index contributed by atoms with van der Waals surface area (Å²) in [6.45, 7) is 3.39. The number of nitrogens with one attached hydrogen (secondary N) is 1. The Hall–Kier alpha value is -0.970. The third-order valence-corrected chi connectivity index (χ3v) is 3.71. The summed E-state index contributed by atoms with van der Waals surface area (Å²) in [6.07, 6.45) is 2.93. The summed E-state index contributed by atoms with van der Waals surface area (Å²) in [5, 5.41) is 0. The van der Waals surface area contributed by atoms with Gasteiger partial charge in [-0.2, -0.15) is 0 Å². The number of aryl methyl sites for hydroxylation is 1. The summed E-state index contributed by atoms with van der Waals surface area (Å²) in [7, 11) is 0. The number of hydrogen-bond acceptors (Lipinski definition) is 3. The lowest BCUT2D eigenvalue weighted by Gasteiger charge is -2.27. The smallest absolute Gasteiger partial charge is 0.130 e. The third-order valence-electron chi connectivity index (χ3n) is 3.71. The van der Waals surface area contributed by atoms with Crippen LogP contribution in [0.3, 0.4) is 0 Å². The molecule has 0 amide bonds. The van der Waals surface area contributed by atoms with Crippen LogP contribution in [0.25, 0.3) is 0 Å². The van der Waals surface area contributed by atoms with E-state index in [-0.39, 0.29) is 11.9 Å². The van der Waals surface area contributed by atoms with Crippen LogP contribution in [-0.2, 0) is 4.74 Å². The van der Waals surface area contributed by atoms with Crippen molar-refractivity contribution in [3.05, 3.63) is 35.1 Å². The topological polar surface area (TPSA) is 47.3 Å². The summed E-state index contributed by atoms with van der Waals surface area (Å²) >= 11 is 0. The average Bonchev–Trinajstić information content (AvgIpc) is 2.41. The zero-order valence-electron chi connectivity index (χ0n) is 10.8. The van der Waals surface area contributed by atoms with Gasteiger partial charge in [0.1, 0.15) is 5.82 Å². The highest BCUT2D eigenvalue weighted by Crippen LogP contribution is 2.29. The fraction of sp³-hybridized carbons (Fsp3) is 0.571. The molecule has 1 aliphatic rings. The Labute approximate surface area is 107 Å². The van der Waals surface area contributed by atoms with Gasteiger partial charge in [-0.05, 0) is 37.7 Å². The number of hydrogen-bond donors (Lipinski definition) is 2. The maximum Gasteiger partial charge on any atom is 0.130 e.